The smallest absolute Gasteiger partial charge is 0.315 e. The zero-order valence-corrected chi connectivity index (χ0v) is 17.8. The number of hydrogen-bond acceptors (Lipinski definition) is 5. The van der Waals surface area contributed by atoms with Gasteiger partial charge < -0.3 is 21.1 Å². The van der Waals surface area contributed by atoms with Gasteiger partial charge in [-0.05, 0) is 43.9 Å². The molecule has 1 heterocycles. The predicted molar refractivity (Wildman–Crippen MR) is 113 cm³/mol. The van der Waals surface area contributed by atoms with Gasteiger partial charge in [-0.2, -0.15) is 4.31 Å². The molecule has 0 spiro atoms. The fourth-order valence-electron chi connectivity index (χ4n) is 3.84. The lowest BCUT2D eigenvalue weighted by molar-refractivity contribution is -0.116. The molecule has 1 aromatic carbocycles. The molecule has 0 radical (unpaired) electrons. The van der Waals surface area contributed by atoms with E-state index in [-0.39, 0.29) is 41.4 Å². The van der Waals surface area contributed by atoms with Gasteiger partial charge in [0.15, 0.2) is 0 Å². The number of rotatable bonds is 7. The van der Waals surface area contributed by atoms with Crippen LogP contribution in [0.1, 0.15) is 51.4 Å². The average Bonchev–Trinajstić information content (AvgIpc) is 3.26. The van der Waals surface area contributed by atoms with Crippen LogP contribution < -0.4 is 16.0 Å². The van der Waals surface area contributed by atoms with E-state index < -0.39 is 15.9 Å². The lowest BCUT2D eigenvalue weighted by Gasteiger charge is -2.22. The first kappa shape index (κ1) is 22.4. The fraction of sp³-hybridized carbons (Fsp3) is 0.600. The minimum Gasteiger partial charge on any atom is -0.506 e. The van der Waals surface area contributed by atoms with Crippen molar-refractivity contribution in [2.75, 3.05) is 25.0 Å². The van der Waals surface area contributed by atoms with Crippen molar-refractivity contribution in [3.05, 3.63) is 18.2 Å². The molecule has 1 aromatic rings. The number of amides is 3. The van der Waals surface area contributed by atoms with Gasteiger partial charge in [-0.25, -0.2) is 13.2 Å². The first-order valence-electron chi connectivity index (χ1n) is 10.5. The molecule has 3 rings (SSSR count). The Hall–Kier alpha value is -2.33. The highest BCUT2D eigenvalue weighted by atomic mass is 32.2. The van der Waals surface area contributed by atoms with E-state index in [0.717, 1.165) is 38.5 Å². The largest absolute Gasteiger partial charge is 0.506 e. The number of carbonyl (C=O) groups excluding carboxylic acids is 2. The molecule has 0 unspecified atom stereocenters. The Bertz CT molecular complexity index is 862. The third-order valence-electron chi connectivity index (χ3n) is 5.52. The third-order valence-corrected chi connectivity index (χ3v) is 7.42. The van der Waals surface area contributed by atoms with Gasteiger partial charge in [0.1, 0.15) is 5.75 Å². The highest BCUT2D eigenvalue weighted by Crippen LogP contribution is 2.29. The first-order valence-corrected chi connectivity index (χ1v) is 12.0. The quantitative estimate of drug-likeness (QED) is 0.485. The van der Waals surface area contributed by atoms with Crippen molar-refractivity contribution in [3.63, 3.8) is 0 Å². The molecular weight excluding hydrogens is 408 g/mol. The Morgan fingerprint density at radius 3 is 2.47 bits per heavy atom. The number of anilines is 1. The number of phenols is 1. The van der Waals surface area contributed by atoms with Crippen LogP contribution in [0.5, 0.6) is 5.75 Å². The van der Waals surface area contributed by atoms with Crippen molar-refractivity contribution in [2.45, 2.75) is 62.3 Å². The van der Waals surface area contributed by atoms with E-state index in [2.05, 4.69) is 16.0 Å². The summed E-state index contributed by atoms with van der Waals surface area (Å²) in [5.41, 5.74) is 0.0342. The molecule has 0 aromatic heterocycles. The Labute approximate surface area is 177 Å². The van der Waals surface area contributed by atoms with Crippen LogP contribution >= 0.6 is 0 Å². The number of phenolic OH excluding ortho intramolecular Hbond substituents is 1. The number of nitrogens with one attached hydrogen (secondary N) is 3. The number of urea groups is 1. The average molecular weight is 439 g/mol. The van der Waals surface area contributed by atoms with Crippen molar-refractivity contribution < 1.29 is 23.1 Å². The maximum atomic E-state index is 12.7. The van der Waals surface area contributed by atoms with Gasteiger partial charge in [-0.3, -0.25) is 4.79 Å². The molecule has 1 aliphatic heterocycles. The van der Waals surface area contributed by atoms with E-state index in [1.54, 1.807) is 0 Å². The summed E-state index contributed by atoms with van der Waals surface area (Å²) in [6.07, 6.45) is 7.03. The summed E-state index contributed by atoms with van der Waals surface area (Å²) in [4.78, 5) is 24.2. The van der Waals surface area contributed by atoms with Crippen LogP contribution in [-0.2, 0) is 14.8 Å². The van der Waals surface area contributed by atoms with Crippen LogP contribution in [0.2, 0.25) is 0 Å². The van der Waals surface area contributed by atoms with Gasteiger partial charge in [0.2, 0.25) is 15.9 Å². The topological polar surface area (TPSA) is 128 Å². The lowest BCUT2D eigenvalue weighted by atomic mass is 9.96. The second kappa shape index (κ2) is 10.1. The van der Waals surface area contributed by atoms with Crippen LogP contribution in [0.25, 0.3) is 0 Å². The standard InChI is InChI=1S/C20H30N4O5S/c25-18-9-8-16(30(28,29)24-12-4-5-13-24)14-17(18)23-19(26)10-11-21-20(27)22-15-6-2-1-3-7-15/h8-9,14-15,25H,1-7,10-13H2,(H,23,26)(H2,21,22,27). The molecule has 1 saturated heterocycles. The third kappa shape index (κ3) is 5.85. The summed E-state index contributed by atoms with van der Waals surface area (Å²) in [5, 5.41) is 18.1. The SMILES string of the molecule is O=C(CCNC(=O)NC1CCCCC1)Nc1cc(S(=O)(=O)N2CCCC2)ccc1O. The van der Waals surface area contributed by atoms with Crippen LogP contribution in [0.3, 0.4) is 0 Å². The van der Waals surface area contributed by atoms with Crippen LogP contribution in [0.15, 0.2) is 23.1 Å². The van der Waals surface area contributed by atoms with E-state index in [1.807, 2.05) is 0 Å². The monoisotopic (exact) mass is 438 g/mol. The summed E-state index contributed by atoms with van der Waals surface area (Å²) >= 11 is 0. The van der Waals surface area contributed by atoms with E-state index in [9.17, 15) is 23.1 Å². The summed E-state index contributed by atoms with van der Waals surface area (Å²) < 4.78 is 26.7. The van der Waals surface area contributed by atoms with E-state index in [4.69, 9.17) is 0 Å². The minimum absolute atomic E-state index is 0.000624. The molecule has 166 valence electrons. The van der Waals surface area contributed by atoms with Crippen molar-refractivity contribution >= 4 is 27.6 Å². The Kier molecular flexibility index (Phi) is 7.54. The fourth-order valence-corrected chi connectivity index (χ4v) is 5.38. The molecular formula is C20H30N4O5S. The van der Waals surface area contributed by atoms with Crippen LogP contribution in [-0.4, -0.2) is 55.4 Å². The van der Waals surface area contributed by atoms with Gasteiger partial charge >= 0.3 is 6.03 Å². The van der Waals surface area contributed by atoms with Crippen LogP contribution in [0.4, 0.5) is 10.5 Å². The maximum Gasteiger partial charge on any atom is 0.315 e. The number of hydrogen-bond donors (Lipinski definition) is 4. The van der Waals surface area contributed by atoms with E-state index >= 15 is 0 Å². The highest BCUT2D eigenvalue weighted by Gasteiger charge is 2.28. The molecule has 0 atom stereocenters. The summed E-state index contributed by atoms with van der Waals surface area (Å²) in [6, 6.07) is 3.75. The van der Waals surface area contributed by atoms with Crippen LogP contribution in [0, 0.1) is 0 Å². The van der Waals surface area contributed by atoms with Crippen molar-refractivity contribution in [1.29, 1.82) is 0 Å². The minimum atomic E-state index is -3.65. The number of aromatic hydroxyl groups is 1. The van der Waals surface area contributed by atoms with Gasteiger partial charge in [0.25, 0.3) is 0 Å². The summed E-state index contributed by atoms with van der Waals surface area (Å²) in [7, 11) is -3.65. The first-order chi connectivity index (χ1) is 14.4. The Morgan fingerprint density at radius 2 is 1.77 bits per heavy atom. The molecule has 9 nitrogen and oxygen atoms in total. The van der Waals surface area contributed by atoms with Gasteiger partial charge in [-0.15, -0.1) is 0 Å². The molecule has 1 aliphatic carbocycles. The van der Waals surface area contributed by atoms with Crippen molar-refractivity contribution in [3.8, 4) is 5.75 Å². The molecule has 3 amide bonds. The molecule has 1 saturated carbocycles. The second-order valence-electron chi connectivity index (χ2n) is 7.82. The summed E-state index contributed by atoms with van der Waals surface area (Å²) in [6.45, 7) is 1.08. The normalized spacial score (nSPS) is 18.1. The van der Waals surface area contributed by atoms with Crippen molar-refractivity contribution in [2.24, 2.45) is 0 Å². The van der Waals surface area contributed by atoms with Gasteiger partial charge in [0.05, 0.1) is 10.6 Å². The number of benzene rings is 1. The van der Waals surface area contributed by atoms with E-state index in [1.165, 1.54) is 28.9 Å². The molecule has 30 heavy (non-hydrogen) atoms. The van der Waals surface area contributed by atoms with Gasteiger partial charge in [-0.1, -0.05) is 19.3 Å². The molecule has 2 fully saturated rings. The second-order valence-corrected chi connectivity index (χ2v) is 9.76. The van der Waals surface area contributed by atoms with Gasteiger partial charge in [0, 0.05) is 32.1 Å². The number of carbonyl (C=O) groups is 2. The van der Waals surface area contributed by atoms with E-state index in [0.29, 0.717) is 13.1 Å². The molecule has 10 heteroatoms. The zero-order valence-electron chi connectivity index (χ0n) is 17.0. The molecule has 4 N–H and O–H groups in total. The molecule has 0 bridgehead atoms. The Balaban J connectivity index is 1.50. The number of nitrogens with zero attached hydrogens (tertiary/aromatic N) is 1. The zero-order chi connectivity index (χ0) is 21.6. The molecule has 2 aliphatic rings. The Morgan fingerprint density at radius 1 is 1.07 bits per heavy atom. The summed E-state index contributed by atoms with van der Waals surface area (Å²) in [5.74, 6) is -0.647. The maximum absolute atomic E-state index is 12.7. The van der Waals surface area contributed by atoms with Crippen molar-refractivity contribution in [1.82, 2.24) is 14.9 Å². The predicted octanol–water partition coefficient (Wildman–Crippen LogP) is 2.14. The lowest BCUT2D eigenvalue weighted by Crippen LogP contribution is -2.43. The highest BCUT2D eigenvalue weighted by molar-refractivity contribution is 7.89. The number of sulfonamides is 1.